The molecule has 0 aromatic heterocycles. The second-order valence-electron chi connectivity index (χ2n) is 4.77. The number of urea groups is 1. The fraction of sp³-hybridized carbons (Fsp3) is 0.750. The van der Waals surface area contributed by atoms with Gasteiger partial charge in [0.15, 0.2) is 0 Å². The Morgan fingerprint density at radius 2 is 2.05 bits per heavy atom. The number of primary amides is 1. The van der Waals surface area contributed by atoms with Gasteiger partial charge in [-0.25, -0.2) is 9.59 Å². The molecule has 0 aromatic carbocycles. The van der Waals surface area contributed by atoms with E-state index in [4.69, 9.17) is 10.8 Å². The topological polar surface area (TPSA) is 113 Å². The Bertz CT molecular complexity index is 355. The highest BCUT2D eigenvalue weighted by molar-refractivity contribution is 5.83. The lowest BCUT2D eigenvalue weighted by molar-refractivity contribution is -0.139. The van der Waals surface area contributed by atoms with Crippen LogP contribution in [-0.4, -0.2) is 46.5 Å². The molecule has 4 N–H and O–H groups in total. The maximum atomic E-state index is 12.0. The lowest BCUT2D eigenvalue weighted by Gasteiger charge is -2.24. The predicted octanol–water partition coefficient (Wildman–Crippen LogP) is 0.289. The molecule has 108 valence electrons. The van der Waals surface area contributed by atoms with Crippen LogP contribution in [0.4, 0.5) is 4.79 Å². The molecule has 7 nitrogen and oxygen atoms in total. The molecule has 1 unspecified atom stereocenters. The molecule has 1 fully saturated rings. The van der Waals surface area contributed by atoms with Gasteiger partial charge in [-0.1, -0.05) is 6.92 Å². The van der Waals surface area contributed by atoms with Crippen LogP contribution in [0.25, 0.3) is 0 Å². The van der Waals surface area contributed by atoms with Gasteiger partial charge < -0.3 is 21.1 Å². The van der Waals surface area contributed by atoms with Crippen molar-refractivity contribution in [2.75, 3.05) is 6.54 Å². The van der Waals surface area contributed by atoms with Crippen LogP contribution in [0.5, 0.6) is 0 Å². The summed E-state index contributed by atoms with van der Waals surface area (Å²) in [5, 5.41) is 11.5. The lowest BCUT2D eigenvalue weighted by atomic mass is 10.1. The van der Waals surface area contributed by atoms with E-state index in [9.17, 15) is 14.4 Å². The van der Waals surface area contributed by atoms with E-state index >= 15 is 0 Å². The van der Waals surface area contributed by atoms with Gasteiger partial charge in [-0.15, -0.1) is 0 Å². The van der Waals surface area contributed by atoms with Gasteiger partial charge in [0.2, 0.25) is 5.91 Å². The Kier molecular flexibility index (Phi) is 5.59. The monoisotopic (exact) mass is 271 g/mol. The van der Waals surface area contributed by atoms with E-state index in [-0.39, 0.29) is 24.9 Å². The average Bonchev–Trinajstić information content (AvgIpc) is 3.14. The van der Waals surface area contributed by atoms with Crippen molar-refractivity contribution in [2.24, 2.45) is 5.73 Å². The zero-order valence-electron chi connectivity index (χ0n) is 11.1. The third-order valence-corrected chi connectivity index (χ3v) is 2.99. The van der Waals surface area contributed by atoms with Crippen molar-refractivity contribution in [3.05, 3.63) is 0 Å². The fourth-order valence-corrected chi connectivity index (χ4v) is 1.85. The molecule has 3 amide bonds. The summed E-state index contributed by atoms with van der Waals surface area (Å²) in [6.45, 7) is 2.57. The number of carboxylic acid groups (broad SMARTS) is 1. The smallest absolute Gasteiger partial charge is 0.326 e. The van der Waals surface area contributed by atoms with E-state index < -0.39 is 17.9 Å². The van der Waals surface area contributed by atoms with E-state index in [2.05, 4.69) is 5.32 Å². The van der Waals surface area contributed by atoms with Crippen molar-refractivity contribution in [1.29, 1.82) is 0 Å². The molecule has 7 heteroatoms. The van der Waals surface area contributed by atoms with Crippen molar-refractivity contribution in [3.63, 3.8) is 0 Å². The molecule has 0 bridgehead atoms. The SMILES string of the molecule is CCCN(C(=O)NC(CCC(N)=O)C(=O)O)C1CC1. The number of aliphatic carboxylic acids is 1. The first kappa shape index (κ1) is 15.3. The maximum Gasteiger partial charge on any atom is 0.326 e. The highest BCUT2D eigenvalue weighted by atomic mass is 16.4. The maximum absolute atomic E-state index is 12.0. The molecule has 0 aliphatic heterocycles. The first-order valence-corrected chi connectivity index (χ1v) is 6.54. The third kappa shape index (κ3) is 5.15. The summed E-state index contributed by atoms with van der Waals surface area (Å²) in [5.41, 5.74) is 4.98. The van der Waals surface area contributed by atoms with Gasteiger partial charge in [0.25, 0.3) is 0 Å². The molecular weight excluding hydrogens is 250 g/mol. The molecule has 1 aliphatic carbocycles. The number of nitrogens with zero attached hydrogens (tertiary/aromatic N) is 1. The van der Waals surface area contributed by atoms with Crippen molar-refractivity contribution in [2.45, 2.75) is 51.1 Å². The lowest BCUT2D eigenvalue weighted by Crippen LogP contribution is -2.49. The first-order valence-electron chi connectivity index (χ1n) is 6.54. The predicted molar refractivity (Wildman–Crippen MR) is 68.4 cm³/mol. The standard InChI is InChI=1S/C12H21N3O4/c1-2-7-15(8-3-4-8)12(19)14-9(11(17)18)5-6-10(13)16/h8-9H,2-7H2,1H3,(H2,13,16)(H,14,19)(H,17,18). The number of carbonyl (C=O) groups is 3. The van der Waals surface area contributed by atoms with Gasteiger partial charge in [-0.2, -0.15) is 0 Å². The van der Waals surface area contributed by atoms with Gasteiger partial charge in [-0.3, -0.25) is 4.79 Å². The summed E-state index contributed by atoms with van der Waals surface area (Å²) in [6.07, 6.45) is 2.71. The van der Waals surface area contributed by atoms with Gasteiger partial charge in [0.1, 0.15) is 6.04 Å². The number of nitrogens with two attached hydrogens (primary N) is 1. The molecule has 1 saturated carbocycles. The molecule has 0 aromatic rings. The first-order chi connectivity index (χ1) is 8.95. The van der Waals surface area contributed by atoms with Crippen molar-refractivity contribution in [1.82, 2.24) is 10.2 Å². The van der Waals surface area contributed by atoms with Crippen molar-refractivity contribution in [3.8, 4) is 0 Å². The number of hydrogen-bond donors (Lipinski definition) is 3. The van der Waals surface area contributed by atoms with Crippen LogP contribution < -0.4 is 11.1 Å². The highest BCUT2D eigenvalue weighted by Crippen LogP contribution is 2.27. The molecule has 0 saturated heterocycles. The van der Waals surface area contributed by atoms with Crippen LogP contribution in [0.3, 0.4) is 0 Å². The summed E-state index contributed by atoms with van der Waals surface area (Å²) in [6, 6.07) is -1.22. The molecule has 0 heterocycles. The summed E-state index contributed by atoms with van der Waals surface area (Å²) >= 11 is 0. The highest BCUT2D eigenvalue weighted by Gasteiger charge is 2.33. The molecule has 0 spiro atoms. The van der Waals surface area contributed by atoms with Crippen molar-refractivity contribution >= 4 is 17.9 Å². The van der Waals surface area contributed by atoms with Crippen LogP contribution >= 0.6 is 0 Å². The van der Waals surface area contributed by atoms with Gasteiger partial charge in [0.05, 0.1) is 0 Å². The molecular formula is C12H21N3O4. The summed E-state index contributed by atoms with van der Waals surface area (Å²) in [5.74, 6) is -1.73. The Labute approximate surface area is 112 Å². The number of rotatable bonds is 8. The van der Waals surface area contributed by atoms with Crippen LogP contribution in [0.2, 0.25) is 0 Å². The second kappa shape index (κ2) is 6.96. The summed E-state index contributed by atoms with van der Waals surface area (Å²) < 4.78 is 0. The largest absolute Gasteiger partial charge is 0.480 e. The second-order valence-corrected chi connectivity index (χ2v) is 4.77. The molecule has 1 rings (SSSR count). The van der Waals surface area contributed by atoms with Crippen LogP contribution in [0.1, 0.15) is 39.0 Å². The third-order valence-electron chi connectivity index (χ3n) is 2.99. The fourth-order valence-electron chi connectivity index (χ4n) is 1.85. The number of nitrogens with one attached hydrogen (secondary N) is 1. The van der Waals surface area contributed by atoms with Crippen LogP contribution in [0, 0.1) is 0 Å². The number of amides is 3. The molecule has 0 radical (unpaired) electrons. The normalized spacial score (nSPS) is 15.6. The van der Waals surface area contributed by atoms with E-state index in [0.717, 1.165) is 19.3 Å². The van der Waals surface area contributed by atoms with E-state index in [1.54, 1.807) is 4.90 Å². The van der Waals surface area contributed by atoms with E-state index in [1.165, 1.54) is 0 Å². The van der Waals surface area contributed by atoms with Crippen molar-refractivity contribution < 1.29 is 19.5 Å². The number of carbonyl (C=O) groups excluding carboxylic acids is 2. The van der Waals surface area contributed by atoms with Crippen LogP contribution in [-0.2, 0) is 9.59 Å². The minimum absolute atomic E-state index is 0.0149. The Balaban J connectivity index is 2.53. The van der Waals surface area contributed by atoms with E-state index in [0.29, 0.717) is 6.54 Å². The average molecular weight is 271 g/mol. The zero-order valence-corrected chi connectivity index (χ0v) is 11.1. The zero-order chi connectivity index (χ0) is 14.4. The van der Waals surface area contributed by atoms with Gasteiger partial charge in [0, 0.05) is 19.0 Å². The molecule has 1 atom stereocenters. The molecule has 19 heavy (non-hydrogen) atoms. The summed E-state index contributed by atoms with van der Waals surface area (Å²) in [7, 11) is 0. The Morgan fingerprint density at radius 3 is 2.47 bits per heavy atom. The minimum Gasteiger partial charge on any atom is -0.480 e. The minimum atomic E-state index is -1.15. The van der Waals surface area contributed by atoms with E-state index in [1.807, 2.05) is 6.92 Å². The van der Waals surface area contributed by atoms with Crippen LogP contribution in [0.15, 0.2) is 0 Å². The number of carboxylic acids is 1. The Hall–Kier alpha value is -1.79. The van der Waals surface area contributed by atoms with Gasteiger partial charge >= 0.3 is 12.0 Å². The summed E-state index contributed by atoms with van der Waals surface area (Å²) in [4.78, 5) is 35.4. The molecule has 1 aliphatic rings. The van der Waals surface area contributed by atoms with Gasteiger partial charge in [-0.05, 0) is 25.7 Å². The number of hydrogen-bond acceptors (Lipinski definition) is 3. The quantitative estimate of drug-likeness (QED) is 0.588. The Morgan fingerprint density at radius 1 is 1.42 bits per heavy atom.